The third kappa shape index (κ3) is 8.45. The van der Waals surface area contributed by atoms with Crippen molar-refractivity contribution < 1.29 is 23.9 Å². The number of carbonyl (C=O) groups excluding carboxylic acids is 3. The van der Waals surface area contributed by atoms with Gasteiger partial charge in [0, 0.05) is 6.54 Å². The number of urea groups is 1. The van der Waals surface area contributed by atoms with Gasteiger partial charge < -0.3 is 14.8 Å². The van der Waals surface area contributed by atoms with E-state index in [1.807, 2.05) is 38.1 Å². The maximum Gasteiger partial charge on any atom is 0.321 e. The molecule has 0 aliphatic carbocycles. The number of esters is 1. The first kappa shape index (κ1) is 18.5. The van der Waals surface area contributed by atoms with Crippen molar-refractivity contribution in [2.24, 2.45) is 0 Å². The molecule has 1 aromatic carbocycles. The summed E-state index contributed by atoms with van der Waals surface area (Å²) >= 11 is 0. The fraction of sp³-hybridized carbons (Fsp3) is 0.438. The quantitative estimate of drug-likeness (QED) is 0.708. The number of nitrogens with one attached hydrogen (secondary N) is 2. The van der Waals surface area contributed by atoms with Gasteiger partial charge in [-0.1, -0.05) is 24.6 Å². The lowest BCUT2D eigenvalue weighted by Crippen LogP contribution is -2.41. The first-order valence-electron chi connectivity index (χ1n) is 7.44. The highest BCUT2D eigenvalue weighted by Gasteiger charge is 2.10. The molecule has 0 saturated heterocycles. The largest absolute Gasteiger partial charge is 0.493 e. The zero-order chi connectivity index (χ0) is 17.1. The van der Waals surface area contributed by atoms with Crippen molar-refractivity contribution in [2.45, 2.75) is 26.7 Å². The Morgan fingerprint density at radius 3 is 2.48 bits per heavy atom. The summed E-state index contributed by atoms with van der Waals surface area (Å²) in [6, 6.07) is 6.82. The van der Waals surface area contributed by atoms with Crippen LogP contribution in [-0.4, -0.2) is 37.7 Å². The maximum atomic E-state index is 11.5. The van der Waals surface area contributed by atoms with E-state index in [2.05, 4.69) is 10.6 Å². The third-order valence-corrected chi connectivity index (χ3v) is 2.75. The summed E-state index contributed by atoms with van der Waals surface area (Å²) in [4.78, 5) is 34.0. The molecule has 0 saturated carbocycles. The zero-order valence-electron chi connectivity index (χ0n) is 13.4. The fourth-order valence-electron chi connectivity index (χ4n) is 1.55. The van der Waals surface area contributed by atoms with Crippen molar-refractivity contribution in [1.29, 1.82) is 0 Å². The Kier molecular flexibility index (Phi) is 8.20. The highest BCUT2D eigenvalue weighted by molar-refractivity contribution is 5.95. The van der Waals surface area contributed by atoms with Gasteiger partial charge in [-0.2, -0.15) is 0 Å². The Morgan fingerprint density at radius 1 is 1.13 bits per heavy atom. The Labute approximate surface area is 135 Å². The minimum atomic E-state index is -0.675. The predicted molar refractivity (Wildman–Crippen MR) is 84.1 cm³/mol. The summed E-state index contributed by atoms with van der Waals surface area (Å²) in [5.74, 6) is -0.582. The SMILES string of the molecule is CCCNC(=O)NC(=O)COC(=O)CCOc1ccc(C)cc1. The molecule has 126 valence electrons. The molecule has 23 heavy (non-hydrogen) atoms. The highest BCUT2D eigenvalue weighted by atomic mass is 16.5. The first-order chi connectivity index (χ1) is 11.0. The van der Waals surface area contributed by atoms with Gasteiger partial charge in [0.1, 0.15) is 5.75 Å². The number of aryl methyl sites for hydroxylation is 1. The lowest BCUT2D eigenvalue weighted by Gasteiger charge is -2.08. The molecule has 0 radical (unpaired) electrons. The summed E-state index contributed by atoms with van der Waals surface area (Å²) in [5, 5.41) is 4.54. The lowest BCUT2D eigenvalue weighted by molar-refractivity contribution is -0.148. The van der Waals surface area contributed by atoms with Gasteiger partial charge in [-0.15, -0.1) is 0 Å². The molecular weight excluding hydrogens is 300 g/mol. The molecule has 0 fully saturated rings. The van der Waals surface area contributed by atoms with E-state index in [9.17, 15) is 14.4 Å². The van der Waals surface area contributed by atoms with Crippen LogP contribution in [0.4, 0.5) is 4.79 Å². The van der Waals surface area contributed by atoms with Gasteiger partial charge in [-0.3, -0.25) is 14.9 Å². The lowest BCUT2D eigenvalue weighted by atomic mass is 10.2. The number of carbonyl (C=O) groups is 3. The number of hydrogen-bond donors (Lipinski definition) is 2. The Bertz CT molecular complexity index is 528. The molecule has 0 aliphatic heterocycles. The standard InChI is InChI=1S/C16H22N2O5/c1-3-9-17-16(21)18-14(19)11-23-15(20)8-10-22-13-6-4-12(2)5-7-13/h4-7H,3,8-11H2,1-2H3,(H2,17,18,19,21). The molecule has 3 amide bonds. The van der Waals surface area contributed by atoms with Gasteiger partial charge >= 0.3 is 12.0 Å². The van der Waals surface area contributed by atoms with Gasteiger partial charge in [0.15, 0.2) is 6.61 Å². The van der Waals surface area contributed by atoms with Gasteiger partial charge in [0.05, 0.1) is 13.0 Å². The summed E-state index contributed by atoms with van der Waals surface area (Å²) in [5.41, 5.74) is 1.12. The number of rotatable bonds is 8. The van der Waals surface area contributed by atoms with Crippen LogP contribution in [0.3, 0.4) is 0 Å². The highest BCUT2D eigenvalue weighted by Crippen LogP contribution is 2.11. The zero-order valence-corrected chi connectivity index (χ0v) is 13.4. The van der Waals surface area contributed by atoms with Crippen molar-refractivity contribution in [2.75, 3.05) is 19.8 Å². The number of hydrogen-bond acceptors (Lipinski definition) is 5. The molecule has 0 aromatic heterocycles. The van der Waals surface area contributed by atoms with E-state index in [4.69, 9.17) is 9.47 Å². The summed E-state index contributed by atoms with van der Waals surface area (Å²) in [6.45, 7) is 3.98. The molecule has 7 nitrogen and oxygen atoms in total. The first-order valence-corrected chi connectivity index (χ1v) is 7.44. The number of amides is 3. The van der Waals surface area contributed by atoms with Crippen molar-refractivity contribution in [3.8, 4) is 5.75 Å². The van der Waals surface area contributed by atoms with Crippen LogP contribution in [0, 0.1) is 6.92 Å². The molecule has 0 atom stereocenters. The van der Waals surface area contributed by atoms with Crippen LogP contribution in [0.1, 0.15) is 25.3 Å². The summed E-state index contributed by atoms with van der Waals surface area (Å²) in [6.07, 6.45) is 0.779. The normalized spacial score (nSPS) is 9.83. The second-order valence-electron chi connectivity index (χ2n) is 4.88. The van der Waals surface area contributed by atoms with E-state index in [-0.39, 0.29) is 13.0 Å². The van der Waals surface area contributed by atoms with E-state index < -0.39 is 24.5 Å². The van der Waals surface area contributed by atoms with Gasteiger partial charge in [0.25, 0.3) is 5.91 Å². The molecule has 1 aromatic rings. The van der Waals surface area contributed by atoms with Crippen LogP contribution in [0.2, 0.25) is 0 Å². The van der Waals surface area contributed by atoms with E-state index in [1.54, 1.807) is 0 Å². The van der Waals surface area contributed by atoms with Gasteiger partial charge in [0.2, 0.25) is 0 Å². The minimum Gasteiger partial charge on any atom is -0.493 e. The van der Waals surface area contributed by atoms with Crippen LogP contribution < -0.4 is 15.4 Å². The molecule has 0 aliphatic rings. The van der Waals surface area contributed by atoms with E-state index in [0.717, 1.165) is 12.0 Å². The van der Waals surface area contributed by atoms with Crippen molar-refractivity contribution in [3.63, 3.8) is 0 Å². The maximum absolute atomic E-state index is 11.5. The van der Waals surface area contributed by atoms with E-state index in [1.165, 1.54) is 0 Å². The summed E-state index contributed by atoms with van der Waals surface area (Å²) in [7, 11) is 0. The number of benzene rings is 1. The smallest absolute Gasteiger partial charge is 0.321 e. The fourth-order valence-corrected chi connectivity index (χ4v) is 1.55. The number of ether oxygens (including phenoxy) is 2. The third-order valence-electron chi connectivity index (χ3n) is 2.75. The van der Waals surface area contributed by atoms with Crippen molar-refractivity contribution >= 4 is 17.9 Å². The molecule has 0 bridgehead atoms. The van der Waals surface area contributed by atoms with Gasteiger partial charge in [-0.25, -0.2) is 4.79 Å². The molecule has 7 heteroatoms. The van der Waals surface area contributed by atoms with Crippen LogP contribution in [0.25, 0.3) is 0 Å². The van der Waals surface area contributed by atoms with E-state index >= 15 is 0 Å². The van der Waals surface area contributed by atoms with Gasteiger partial charge in [-0.05, 0) is 25.5 Å². The van der Waals surface area contributed by atoms with Crippen LogP contribution in [0.5, 0.6) is 5.75 Å². The Balaban J connectivity index is 2.15. The van der Waals surface area contributed by atoms with Crippen molar-refractivity contribution in [1.82, 2.24) is 10.6 Å². The Morgan fingerprint density at radius 2 is 1.83 bits per heavy atom. The second kappa shape index (κ2) is 10.2. The number of imide groups is 1. The second-order valence-corrected chi connectivity index (χ2v) is 4.88. The van der Waals surface area contributed by atoms with Crippen LogP contribution in [0.15, 0.2) is 24.3 Å². The molecule has 0 heterocycles. The molecular formula is C16H22N2O5. The average Bonchev–Trinajstić information content (AvgIpc) is 2.53. The Hall–Kier alpha value is -2.57. The van der Waals surface area contributed by atoms with Crippen LogP contribution in [-0.2, 0) is 14.3 Å². The summed E-state index contributed by atoms with van der Waals surface area (Å²) < 4.78 is 10.1. The van der Waals surface area contributed by atoms with Crippen LogP contribution >= 0.6 is 0 Å². The molecule has 0 spiro atoms. The molecule has 0 unspecified atom stereocenters. The van der Waals surface area contributed by atoms with E-state index in [0.29, 0.717) is 12.3 Å². The molecule has 2 N–H and O–H groups in total. The predicted octanol–water partition coefficient (Wildman–Crippen LogP) is 1.54. The van der Waals surface area contributed by atoms with Crippen molar-refractivity contribution in [3.05, 3.63) is 29.8 Å². The average molecular weight is 322 g/mol. The minimum absolute atomic E-state index is 0.0171. The molecule has 1 rings (SSSR count). The monoisotopic (exact) mass is 322 g/mol. The topological polar surface area (TPSA) is 93.7 Å².